The van der Waals surface area contributed by atoms with E-state index in [2.05, 4.69) is 4.98 Å². The topological polar surface area (TPSA) is 51.7 Å². The Morgan fingerprint density at radius 1 is 1.15 bits per heavy atom. The van der Waals surface area contributed by atoms with Crippen molar-refractivity contribution >= 4 is 5.91 Å². The molecule has 2 fully saturated rings. The average molecular weight is 352 g/mol. The molecule has 0 spiro atoms. The minimum atomic E-state index is 0.0557. The summed E-state index contributed by atoms with van der Waals surface area (Å²) in [6.07, 6.45) is 5.82. The monoisotopic (exact) mass is 352 g/mol. The normalized spacial score (nSPS) is 24.3. The zero-order valence-electron chi connectivity index (χ0n) is 15.0. The van der Waals surface area contributed by atoms with Crippen molar-refractivity contribution < 1.29 is 14.3 Å². The van der Waals surface area contributed by atoms with E-state index in [0.717, 1.165) is 37.4 Å². The van der Waals surface area contributed by atoms with Gasteiger partial charge in [-0.3, -0.25) is 9.78 Å². The molecule has 1 aliphatic heterocycles. The van der Waals surface area contributed by atoms with Gasteiger partial charge in [0.25, 0.3) is 5.91 Å². The molecule has 1 aliphatic carbocycles. The van der Waals surface area contributed by atoms with E-state index in [-0.39, 0.29) is 18.6 Å². The summed E-state index contributed by atoms with van der Waals surface area (Å²) >= 11 is 0. The molecule has 1 aromatic heterocycles. The van der Waals surface area contributed by atoms with Crippen LogP contribution in [0.2, 0.25) is 0 Å². The van der Waals surface area contributed by atoms with Gasteiger partial charge in [0.05, 0.1) is 6.20 Å². The van der Waals surface area contributed by atoms with Crippen molar-refractivity contribution in [2.75, 3.05) is 19.7 Å². The van der Waals surface area contributed by atoms with E-state index >= 15 is 0 Å². The Balaban J connectivity index is 1.31. The summed E-state index contributed by atoms with van der Waals surface area (Å²) in [5.74, 6) is 2.53. The highest BCUT2D eigenvalue weighted by molar-refractivity contribution is 5.78. The van der Waals surface area contributed by atoms with Gasteiger partial charge in [0.1, 0.15) is 17.6 Å². The molecule has 5 nitrogen and oxygen atoms in total. The third-order valence-electron chi connectivity index (χ3n) is 5.45. The molecule has 5 heteroatoms. The summed E-state index contributed by atoms with van der Waals surface area (Å²) in [5.41, 5.74) is 1.18. The Morgan fingerprint density at radius 3 is 2.77 bits per heavy atom. The van der Waals surface area contributed by atoms with E-state index < -0.39 is 0 Å². The number of hydrogen-bond donors (Lipinski definition) is 0. The van der Waals surface area contributed by atoms with E-state index in [1.54, 1.807) is 12.4 Å². The molecular weight excluding hydrogens is 328 g/mol. The van der Waals surface area contributed by atoms with Gasteiger partial charge in [-0.1, -0.05) is 17.7 Å². The molecule has 0 radical (unpaired) electrons. The fourth-order valence-corrected chi connectivity index (χ4v) is 4.03. The first kappa shape index (κ1) is 16.9. The number of hydrogen-bond acceptors (Lipinski definition) is 4. The predicted octanol–water partition coefficient (Wildman–Crippen LogP) is 3.08. The predicted molar refractivity (Wildman–Crippen MR) is 98.1 cm³/mol. The second kappa shape index (κ2) is 7.36. The minimum Gasteiger partial charge on any atom is -0.488 e. The number of amides is 1. The third kappa shape index (κ3) is 3.66. The first-order chi connectivity index (χ1) is 12.7. The van der Waals surface area contributed by atoms with Crippen LogP contribution in [0.5, 0.6) is 11.5 Å². The molecule has 2 aliphatic rings. The first-order valence-corrected chi connectivity index (χ1v) is 9.23. The number of aryl methyl sites for hydroxylation is 1. The lowest BCUT2D eigenvalue weighted by molar-refractivity contribution is -0.132. The van der Waals surface area contributed by atoms with Gasteiger partial charge in [0.15, 0.2) is 6.61 Å². The Kier molecular flexibility index (Phi) is 4.78. The molecule has 0 bridgehead atoms. The summed E-state index contributed by atoms with van der Waals surface area (Å²) in [4.78, 5) is 18.6. The van der Waals surface area contributed by atoms with Crippen LogP contribution in [-0.2, 0) is 4.79 Å². The molecule has 26 heavy (non-hydrogen) atoms. The number of likely N-dealkylation sites (tertiary alicyclic amines) is 1. The summed E-state index contributed by atoms with van der Waals surface area (Å²) in [5, 5.41) is 0. The maximum Gasteiger partial charge on any atom is 0.260 e. The Labute approximate surface area is 153 Å². The molecule has 2 heterocycles. The third-order valence-corrected chi connectivity index (χ3v) is 5.45. The summed E-state index contributed by atoms with van der Waals surface area (Å²) in [6.45, 7) is 3.69. The molecule has 1 amide bonds. The van der Waals surface area contributed by atoms with Crippen molar-refractivity contribution in [3.05, 3.63) is 54.4 Å². The van der Waals surface area contributed by atoms with Gasteiger partial charge in [-0.25, -0.2) is 0 Å². The Hall–Kier alpha value is -2.56. The van der Waals surface area contributed by atoms with Crippen LogP contribution in [0.15, 0.2) is 48.8 Å². The molecule has 0 unspecified atom stereocenters. The highest BCUT2D eigenvalue weighted by Gasteiger charge is 2.45. The molecule has 2 aromatic rings. The van der Waals surface area contributed by atoms with Crippen molar-refractivity contribution in [2.24, 2.45) is 11.8 Å². The SMILES string of the molecule is Cc1ccc(OCC(=O)N2C[C@H]3CC[C@H](Oc4cccnc4)[C@H]3C2)cc1. The zero-order chi connectivity index (χ0) is 17.9. The summed E-state index contributed by atoms with van der Waals surface area (Å²) in [6, 6.07) is 11.6. The van der Waals surface area contributed by atoms with Crippen molar-refractivity contribution in [2.45, 2.75) is 25.9 Å². The molecule has 1 saturated carbocycles. The molecule has 1 aromatic carbocycles. The quantitative estimate of drug-likeness (QED) is 0.830. The van der Waals surface area contributed by atoms with Crippen molar-refractivity contribution in [3.63, 3.8) is 0 Å². The molecule has 1 saturated heterocycles. The average Bonchev–Trinajstić information content (AvgIpc) is 3.24. The molecular formula is C21H24N2O3. The second-order valence-corrected chi connectivity index (χ2v) is 7.25. The van der Waals surface area contributed by atoms with Crippen LogP contribution in [0.1, 0.15) is 18.4 Å². The van der Waals surface area contributed by atoms with E-state index in [4.69, 9.17) is 9.47 Å². The first-order valence-electron chi connectivity index (χ1n) is 9.23. The summed E-state index contributed by atoms with van der Waals surface area (Å²) < 4.78 is 11.8. The smallest absolute Gasteiger partial charge is 0.260 e. The molecule has 136 valence electrons. The minimum absolute atomic E-state index is 0.0557. The lowest BCUT2D eigenvalue weighted by Crippen LogP contribution is -2.35. The number of pyridine rings is 1. The summed E-state index contributed by atoms with van der Waals surface area (Å²) in [7, 11) is 0. The highest BCUT2D eigenvalue weighted by Crippen LogP contribution is 2.40. The number of carbonyl (C=O) groups excluding carboxylic acids is 1. The zero-order valence-corrected chi connectivity index (χ0v) is 15.0. The van der Waals surface area contributed by atoms with Gasteiger partial charge in [-0.15, -0.1) is 0 Å². The van der Waals surface area contributed by atoms with Crippen LogP contribution in [-0.4, -0.2) is 41.6 Å². The van der Waals surface area contributed by atoms with Gasteiger partial charge in [0.2, 0.25) is 0 Å². The number of aromatic nitrogens is 1. The number of rotatable bonds is 5. The van der Waals surface area contributed by atoms with Crippen LogP contribution in [0.25, 0.3) is 0 Å². The number of nitrogens with zero attached hydrogens (tertiary/aromatic N) is 2. The van der Waals surface area contributed by atoms with Gasteiger partial charge in [0, 0.05) is 25.2 Å². The lowest BCUT2D eigenvalue weighted by atomic mass is 9.99. The van der Waals surface area contributed by atoms with Crippen molar-refractivity contribution in [3.8, 4) is 11.5 Å². The van der Waals surface area contributed by atoms with Gasteiger partial charge >= 0.3 is 0 Å². The number of carbonyl (C=O) groups is 1. The lowest BCUT2D eigenvalue weighted by Gasteiger charge is -2.22. The fraction of sp³-hybridized carbons (Fsp3) is 0.429. The largest absolute Gasteiger partial charge is 0.488 e. The van der Waals surface area contributed by atoms with E-state index in [9.17, 15) is 4.79 Å². The highest BCUT2D eigenvalue weighted by atomic mass is 16.5. The van der Waals surface area contributed by atoms with Crippen molar-refractivity contribution in [1.29, 1.82) is 0 Å². The number of fused-ring (bicyclic) bond motifs is 1. The number of benzene rings is 1. The van der Waals surface area contributed by atoms with Crippen molar-refractivity contribution in [1.82, 2.24) is 9.88 Å². The molecule has 3 atom stereocenters. The second-order valence-electron chi connectivity index (χ2n) is 7.25. The van der Waals surface area contributed by atoms with Crippen LogP contribution < -0.4 is 9.47 Å². The van der Waals surface area contributed by atoms with Gasteiger partial charge < -0.3 is 14.4 Å². The van der Waals surface area contributed by atoms with Gasteiger partial charge in [-0.05, 0) is 49.9 Å². The Morgan fingerprint density at radius 2 is 2.00 bits per heavy atom. The van der Waals surface area contributed by atoms with Crippen LogP contribution >= 0.6 is 0 Å². The van der Waals surface area contributed by atoms with Crippen LogP contribution in [0, 0.1) is 18.8 Å². The fourth-order valence-electron chi connectivity index (χ4n) is 4.03. The molecule has 0 N–H and O–H groups in total. The van der Waals surface area contributed by atoms with Crippen LogP contribution in [0.3, 0.4) is 0 Å². The van der Waals surface area contributed by atoms with E-state index in [1.807, 2.05) is 48.2 Å². The maximum atomic E-state index is 12.5. The standard InChI is InChI=1S/C21H24N2O3/c1-15-4-7-17(8-5-15)25-14-21(24)23-12-16-6-9-20(19(16)13-23)26-18-3-2-10-22-11-18/h2-5,7-8,10-11,16,19-20H,6,9,12-14H2,1H3/t16-,19+,20+/m1/s1. The molecule has 4 rings (SSSR count). The van der Waals surface area contributed by atoms with Crippen LogP contribution in [0.4, 0.5) is 0 Å². The maximum absolute atomic E-state index is 12.5. The van der Waals surface area contributed by atoms with E-state index in [1.165, 1.54) is 5.56 Å². The number of ether oxygens (including phenoxy) is 2. The Bertz CT molecular complexity index is 748. The van der Waals surface area contributed by atoms with E-state index in [0.29, 0.717) is 11.8 Å². The van der Waals surface area contributed by atoms with Gasteiger partial charge in [-0.2, -0.15) is 0 Å².